The molecule has 5 saturated carbocycles. The van der Waals surface area contributed by atoms with Gasteiger partial charge in [0.2, 0.25) is 0 Å². The highest BCUT2D eigenvalue weighted by molar-refractivity contribution is 6.74. The largest absolute Gasteiger partial charge is 0.413 e. The molecule has 5 aliphatic carbocycles. The fourth-order valence-corrected chi connectivity index (χ4v) is 14.4. The molecule has 0 N–H and O–H groups in total. The van der Waals surface area contributed by atoms with E-state index in [-0.39, 0.29) is 5.04 Å². The zero-order valence-corrected chi connectivity index (χ0v) is 28.9. The molecule has 38 heavy (non-hydrogen) atoms. The molecule has 2 spiro atoms. The van der Waals surface area contributed by atoms with Crippen molar-refractivity contribution < 1.29 is 4.43 Å². The van der Waals surface area contributed by atoms with Gasteiger partial charge in [0.15, 0.2) is 8.32 Å². The lowest BCUT2D eigenvalue weighted by Crippen LogP contribution is -2.59. The predicted octanol–water partition coefficient (Wildman–Crippen LogP) is 11.3. The summed E-state index contributed by atoms with van der Waals surface area (Å²) < 4.78 is 7.61. The maximum atomic E-state index is 7.61. The number of hydrogen-bond donors (Lipinski definition) is 0. The van der Waals surface area contributed by atoms with Gasteiger partial charge in [-0.25, -0.2) is 0 Å². The van der Waals surface area contributed by atoms with Crippen molar-refractivity contribution in [3.63, 3.8) is 0 Å². The first-order valence-corrected chi connectivity index (χ1v) is 20.0. The maximum absolute atomic E-state index is 7.61. The zero-order valence-electron chi connectivity index (χ0n) is 27.9. The Kier molecular flexibility index (Phi) is 7.09. The first kappa shape index (κ1) is 29.7. The van der Waals surface area contributed by atoms with Gasteiger partial charge in [0.05, 0.1) is 6.10 Å². The van der Waals surface area contributed by atoms with Crippen molar-refractivity contribution in [2.45, 2.75) is 171 Å². The first-order chi connectivity index (χ1) is 17.4. The van der Waals surface area contributed by atoms with E-state index in [2.05, 4.69) is 82.3 Å². The summed E-state index contributed by atoms with van der Waals surface area (Å²) in [5.41, 5.74) is 2.33. The number of rotatable bonds is 7. The van der Waals surface area contributed by atoms with Gasteiger partial charge in [-0.1, -0.05) is 94.9 Å². The van der Waals surface area contributed by atoms with Crippen molar-refractivity contribution in [2.75, 3.05) is 0 Å². The van der Waals surface area contributed by atoms with Crippen LogP contribution in [-0.4, -0.2) is 14.4 Å². The second kappa shape index (κ2) is 9.09. The van der Waals surface area contributed by atoms with Crippen LogP contribution in [0, 0.1) is 56.7 Å². The first-order valence-electron chi connectivity index (χ1n) is 17.1. The fraction of sp³-hybridized carbons (Fsp3) is 1.00. The molecule has 1 nitrogen and oxygen atoms in total. The van der Waals surface area contributed by atoms with Crippen molar-refractivity contribution in [1.29, 1.82) is 0 Å². The molecule has 0 aromatic heterocycles. The van der Waals surface area contributed by atoms with Gasteiger partial charge in [-0.3, -0.25) is 0 Å². The Morgan fingerprint density at radius 2 is 1.53 bits per heavy atom. The molecule has 0 aliphatic heterocycles. The molecular weight excluding hydrogens is 476 g/mol. The molecule has 0 radical (unpaired) electrons. The van der Waals surface area contributed by atoms with E-state index in [1.54, 1.807) is 0 Å². The molecule has 2 heteroatoms. The Morgan fingerprint density at radius 3 is 2.16 bits per heavy atom. The van der Waals surface area contributed by atoms with Crippen molar-refractivity contribution in [2.24, 2.45) is 56.7 Å². The summed E-state index contributed by atoms with van der Waals surface area (Å²) in [6.07, 6.45) is 17.9. The van der Waals surface area contributed by atoms with E-state index in [9.17, 15) is 0 Å². The van der Waals surface area contributed by atoms with E-state index in [1.807, 2.05) is 0 Å². The van der Waals surface area contributed by atoms with Crippen LogP contribution in [0.5, 0.6) is 0 Å². The predicted molar refractivity (Wildman–Crippen MR) is 167 cm³/mol. The third kappa shape index (κ3) is 3.62. The monoisotopic (exact) mass is 542 g/mol. The standard InChI is InChI=1S/C36H66OSi/c1-25(2)15-13-16-26(3)28-20-21-33(9)23-24-35-32(7,8)36(35)27(19-22-34(35,10)30(28)33)17-14-18-29(36)37-38(11,12)31(4,5)6/h25-30H,13-24H2,1-12H3. The number of hydrogen-bond acceptors (Lipinski definition) is 1. The minimum Gasteiger partial charge on any atom is -0.413 e. The maximum Gasteiger partial charge on any atom is 0.192 e. The Bertz CT molecular complexity index is 898. The van der Waals surface area contributed by atoms with E-state index in [4.69, 9.17) is 4.43 Å². The highest BCUT2D eigenvalue weighted by Crippen LogP contribution is 2.97. The van der Waals surface area contributed by atoms with Crippen LogP contribution in [0.15, 0.2) is 0 Å². The van der Waals surface area contributed by atoms with Crippen LogP contribution in [0.1, 0.15) is 146 Å². The third-order valence-electron chi connectivity index (χ3n) is 15.3. The van der Waals surface area contributed by atoms with Gasteiger partial charge >= 0.3 is 0 Å². The zero-order chi connectivity index (χ0) is 28.2. The van der Waals surface area contributed by atoms with Crippen LogP contribution < -0.4 is 0 Å². The van der Waals surface area contributed by atoms with Crippen LogP contribution in [0.2, 0.25) is 18.1 Å². The molecule has 220 valence electrons. The lowest BCUT2D eigenvalue weighted by atomic mass is 9.42. The highest BCUT2D eigenvalue weighted by Gasteiger charge is 2.93. The Hall–Kier alpha value is 0.177. The lowest BCUT2D eigenvalue weighted by molar-refractivity contribution is -0.159. The van der Waals surface area contributed by atoms with Crippen molar-refractivity contribution >= 4 is 8.32 Å². The lowest BCUT2D eigenvalue weighted by Gasteiger charge is -2.63. The summed E-state index contributed by atoms with van der Waals surface area (Å²) in [5.74, 6) is 4.46. The smallest absolute Gasteiger partial charge is 0.192 e. The average molecular weight is 543 g/mol. The van der Waals surface area contributed by atoms with Gasteiger partial charge in [-0.05, 0) is 121 Å². The van der Waals surface area contributed by atoms with Crippen molar-refractivity contribution in [3.8, 4) is 0 Å². The summed E-state index contributed by atoms with van der Waals surface area (Å²) in [6, 6.07) is 0. The molecule has 0 aromatic rings. The molecule has 5 rings (SSSR count). The number of fused-ring (bicyclic) bond motifs is 2. The molecule has 5 aliphatic rings. The minimum atomic E-state index is -1.83. The van der Waals surface area contributed by atoms with Crippen LogP contribution in [0.25, 0.3) is 0 Å². The highest BCUT2D eigenvalue weighted by atomic mass is 28.4. The average Bonchev–Trinajstić information content (AvgIpc) is 3.04. The van der Waals surface area contributed by atoms with Gasteiger partial charge in [-0.15, -0.1) is 0 Å². The summed E-state index contributed by atoms with van der Waals surface area (Å²) in [4.78, 5) is 0. The molecule has 9 atom stereocenters. The van der Waals surface area contributed by atoms with Gasteiger partial charge in [0.1, 0.15) is 0 Å². The Morgan fingerprint density at radius 1 is 0.842 bits per heavy atom. The van der Waals surface area contributed by atoms with Crippen LogP contribution in [-0.2, 0) is 4.43 Å². The summed E-state index contributed by atoms with van der Waals surface area (Å²) in [6.45, 7) is 31.0. The van der Waals surface area contributed by atoms with Crippen LogP contribution in [0.3, 0.4) is 0 Å². The van der Waals surface area contributed by atoms with Crippen LogP contribution >= 0.6 is 0 Å². The summed E-state index contributed by atoms with van der Waals surface area (Å²) >= 11 is 0. The second-order valence-corrected chi connectivity index (χ2v) is 23.2. The van der Waals surface area contributed by atoms with Gasteiger partial charge in [0.25, 0.3) is 0 Å². The van der Waals surface area contributed by atoms with Gasteiger partial charge in [0, 0.05) is 5.41 Å². The van der Waals surface area contributed by atoms with E-state index >= 15 is 0 Å². The normalized spacial score (nSPS) is 46.7. The van der Waals surface area contributed by atoms with Gasteiger partial charge in [-0.2, -0.15) is 0 Å². The molecule has 0 bridgehead atoms. The third-order valence-corrected chi connectivity index (χ3v) is 19.8. The SMILES string of the molecule is CC(C)CCCC(C)C1CCC2(C)CCC34C(C)(CCC5CCCC(O[Si](C)(C)C(C)(C)C)C53C4(C)C)C12. The van der Waals surface area contributed by atoms with E-state index in [0.717, 1.165) is 29.6 Å². The molecular formula is C36H66OSi. The Balaban J connectivity index is 1.54. The molecule has 0 aromatic carbocycles. The Labute approximate surface area is 239 Å². The summed E-state index contributed by atoms with van der Waals surface area (Å²) in [7, 11) is -1.83. The molecule has 0 saturated heterocycles. The van der Waals surface area contributed by atoms with Gasteiger partial charge < -0.3 is 4.43 Å². The van der Waals surface area contributed by atoms with E-state index in [1.165, 1.54) is 77.0 Å². The molecule has 0 amide bonds. The molecule has 9 unspecified atom stereocenters. The quantitative estimate of drug-likeness (QED) is 0.291. The van der Waals surface area contributed by atoms with Crippen LogP contribution in [0.4, 0.5) is 0 Å². The summed E-state index contributed by atoms with van der Waals surface area (Å²) in [5, 5.41) is 0.286. The van der Waals surface area contributed by atoms with E-state index in [0.29, 0.717) is 33.2 Å². The van der Waals surface area contributed by atoms with E-state index < -0.39 is 8.32 Å². The molecule has 5 fully saturated rings. The molecule has 0 heterocycles. The second-order valence-electron chi connectivity index (χ2n) is 18.5. The van der Waals surface area contributed by atoms with Crippen molar-refractivity contribution in [1.82, 2.24) is 0 Å². The topological polar surface area (TPSA) is 9.23 Å². The minimum absolute atomic E-state index is 0.286. The fourth-order valence-electron chi connectivity index (χ4n) is 13.0. The van der Waals surface area contributed by atoms with Crippen molar-refractivity contribution in [3.05, 3.63) is 0 Å².